The number of hydrogen-bond acceptors (Lipinski definition) is 8. The van der Waals surface area contributed by atoms with E-state index < -0.39 is 0 Å². The van der Waals surface area contributed by atoms with Crippen LogP contribution in [0.15, 0.2) is 52.3 Å². The predicted molar refractivity (Wildman–Crippen MR) is 136 cm³/mol. The number of pyridine rings is 1. The van der Waals surface area contributed by atoms with Crippen LogP contribution in [0, 0.1) is 0 Å². The Morgan fingerprint density at radius 1 is 1.24 bits per heavy atom. The first-order chi connectivity index (χ1) is 16.4. The van der Waals surface area contributed by atoms with Crippen LogP contribution in [0.5, 0.6) is 11.5 Å². The topological polar surface area (TPSA) is 85.2 Å². The highest BCUT2D eigenvalue weighted by molar-refractivity contribution is 8.26. The highest BCUT2D eigenvalue weighted by atomic mass is 32.2. The Bertz CT molecular complexity index is 1400. The standard InChI is InChI=1S/C24H22N4O4S2/c1-3-14(2)25-21-16(22(29)27-9-5-4-6-20(27)26-21)11-19-23(30)28(24(33)34-19)12-15-7-8-17-18(10-15)32-13-31-17/h4-11,14,25H,3,12-13H2,1-2H3/b19-11-/t14-/m1/s1. The van der Waals surface area contributed by atoms with Crippen molar-refractivity contribution in [3.63, 3.8) is 0 Å². The maximum atomic E-state index is 13.3. The van der Waals surface area contributed by atoms with Crippen LogP contribution in [0.2, 0.25) is 0 Å². The quantitative estimate of drug-likeness (QED) is 0.406. The monoisotopic (exact) mass is 494 g/mol. The van der Waals surface area contributed by atoms with Gasteiger partial charge in [-0.2, -0.15) is 0 Å². The number of fused-ring (bicyclic) bond motifs is 2. The van der Waals surface area contributed by atoms with Crippen molar-refractivity contribution in [1.29, 1.82) is 0 Å². The van der Waals surface area contributed by atoms with Gasteiger partial charge in [0.1, 0.15) is 15.8 Å². The summed E-state index contributed by atoms with van der Waals surface area (Å²) in [6, 6.07) is 11.0. The maximum absolute atomic E-state index is 13.3. The minimum atomic E-state index is -0.252. The van der Waals surface area contributed by atoms with E-state index in [2.05, 4.69) is 10.3 Å². The van der Waals surface area contributed by atoms with E-state index >= 15 is 0 Å². The molecule has 34 heavy (non-hydrogen) atoms. The van der Waals surface area contributed by atoms with Crippen molar-refractivity contribution in [2.45, 2.75) is 32.9 Å². The molecule has 0 unspecified atom stereocenters. The summed E-state index contributed by atoms with van der Waals surface area (Å²) in [6.45, 7) is 4.55. The Labute approximate surface area is 205 Å². The highest BCUT2D eigenvalue weighted by Gasteiger charge is 2.33. The van der Waals surface area contributed by atoms with Crippen LogP contribution in [0.3, 0.4) is 0 Å². The molecular formula is C24H22N4O4S2. The summed E-state index contributed by atoms with van der Waals surface area (Å²) in [5, 5.41) is 3.31. The molecule has 1 amide bonds. The number of nitrogens with one attached hydrogen (secondary N) is 1. The number of carbonyl (C=O) groups excluding carboxylic acids is 1. The zero-order valence-corrected chi connectivity index (χ0v) is 20.2. The number of amides is 1. The minimum Gasteiger partial charge on any atom is -0.454 e. The van der Waals surface area contributed by atoms with E-state index in [4.69, 9.17) is 21.7 Å². The van der Waals surface area contributed by atoms with E-state index in [-0.39, 0.29) is 24.3 Å². The molecule has 0 bridgehead atoms. The highest BCUT2D eigenvalue weighted by Crippen LogP contribution is 2.36. The number of anilines is 1. The van der Waals surface area contributed by atoms with E-state index in [0.29, 0.717) is 44.3 Å². The molecule has 1 N–H and O–H groups in total. The Hall–Kier alpha value is -3.37. The molecule has 174 valence electrons. The van der Waals surface area contributed by atoms with Crippen molar-refractivity contribution in [2.75, 3.05) is 12.1 Å². The lowest BCUT2D eigenvalue weighted by atomic mass is 10.2. The van der Waals surface area contributed by atoms with Gasteiger partial charge in [0.2, 0.25) is 6.79 Å². The molecule has 0 saturated carbocycles. The van der Waals surface area contributed by atoms with Gasteiger partial charge in [0.25, 0.3) is 11.5 Å². The number of aromatic nitrogens is 2. The molecule has 5 rings (SSSR count). The van der Waals surface area contributed by atoms with Gasteiger partial charge >= 0.3 is 0 Å². The third-order valence-electron chi connectivity index (χ3n) is 5.69. The van der Waals surface area contributed by atoms with E-state index in [9.17, 15) is 9.59 Å². The zero-order valence-electron chi connectivity index (χ0n) is 18.6. The molecule has 10 heteroatoms. The number of benzene rings is 1. The van der Waals surface area contributed by atoms with Gasteiger partial charge in [-0.25, -0.2) is 4.98 Å². The van der Waals surface area contributed by atoms with Crippen LogP contribution in [0.1, 0.15) is 31.4 Å². The zero-order chi connectivity index (χ0) is 23.8. The third-order valence-corrected chi connectivity index (χ3v) is 7.07. The van der Waals surface area contributed by atoms with Crippen molar-refractivity contribution in [3.8, 4) is 11.5 Å². The van der Waals surface area contributed by atoms with Crippen LogP contribution in [-0.4, -0.2) is 37.3 Å². The molecule has 2 aliphatic heterocycles. The Morgan fingerprint density at radius 3 is 2.88 bits per heavy atom. The van der Waals surface area contributed by atoms with Crippen molar-refractivity contribution in [2.24, 2.45) is 0 Å². The van der Waals surface area contributed by atoms with Gasteiger partial charge in [0, 0.05) is 12.2 Å². The summed E-state index contributed by atoms with van der Waals surface area (Å²) in [6.07, 6.45) is 4.12. The van der Waals surface area contributed by atoms with E-state index in [1.54, 1.807) is 24.4 Å². The molecule has 1 atom stereocenters. The molecule has 3 aromatic rings. The number of thioether (sulfide) groups is 1. The molecule has 1 aromatic carbocycles. The van der Waals surface area contributed by atoms with E-state index in [1.807, 2.05) is 38.1 Å². The second-order valence-corrected chi connectivity index (χ2v) is 9.69. The maximum Gasteiger partial charge on any atom is 0.267 e. The molecule has 1 saturated heterocycles. The largest absolute Gasteiger partial charge is 0.454 e. The average molecular weight is 495 g/mol. The first kappa shape index (κ1) is 22.4. The van der Waals surface area contributed by atoms with Crippen LogP contribution < -0.4 is 20.3 Å². The summed E-state index contributed by atoms with van der Waals surface area (Å²) in [7, 11) is 0. The molecule has 0 spiro atoms. The van der Waals surface area contributed by atoms with Crippen LogP contribution in [0.4, 0.5) is 5.82 Å². The lowest BCUT2D eigenvalue weighted by Crippen LogP contribution is -2.27. The second kappa shape index (κ2) is 9.11. The number of rotatable bonds is 6. The van der Waals surface area contributed by atoms with Gasteiger partial charge in [-0.3, -0.25) is 18.9 Å². The summed E-state index contributed by atoms with van der Waals surface area (Å²) >= 11 is 6.68. The molecule has 2 aliphatic rings. The Balaban J connectivity index is 1.49. The van der Waals surface area contributed by atoms with Crippen LogP contribution >= 0.6 is 24.0 Å². The number of ether oxygens (including phenoxy) is 2. The summed E-state index contributed by atoms with van der Waals surface area (Å²) in [5.74, 6) is 1.53. The molecular weight excluding hydrogens is 472 g/mol. The fraction of sp³-hybridized carbons (Fsp3) is 0.250. The van der Waals surface area contributed by atoms with Gasteiger partial charge < -0.3 is 14.8 Å². The lowest BCUT2D eigenvalue weighted by molar-refractivity contribution is -0.122. The van der Waals surface area contributed by atoms with Gasteiger partial charge in [-0.05, 0) is 49.2 Å². The fourth-order valence-electron chi connectivity index (χ4n) is 3.67. The molecule has 1 fully saturated rings. The van der Waals surface area contributed by atoms with Crippen LogP contribution in [0.25, 0.3) is 11.7 Å². The Morgan fingerprint density at radius 2 is 2.06 bits per heavy atom. The SMILES string of the molecule is CC[C@@H](C)Nc1nc2ccccn2c(=O)c1/C=C1\SC(=S)N(Cc2ccc3c(c2)OCO3)C1=O. The van der Waals surface area contributed by atoms with Crippen molar-refractivity contribution in [1.82, 2.24) is 14.3 Å². The normalized spacial score (nSPS) is 17.1. The number of nitrogens with zero attached hydrogens (tertiary/aromatic N) is 3. The molecule has 0 aliphatic carbocycles. The second-order valence-electron chi connectivity index (χ2n) is 8.02. The van der Waals surface area contributed by atoms with Crippen molar-refractivity contribution >= 4 is 51.7 Å². The fourth-order valence-corrected chi connectivity index (χ4v) is 4.90. The number of carbonyl (C=O) groups is 1. The first-order valence-electron chi connectivity index (χ1n) is 10.9. The average Bonchev–Trinajstić information content (AvgIpc) is 3.41. The lowest BCUT2D eigenvalue weighted by Gasteiger charge is -2.16. The van der Waals surface area contributed by atoms with Gasteiger partial charge in [-0.15, -0.1) is 0 Å². The predicted octanol–water partition coefficient (Wildman–Crippen LogP) is 4.04. The van der Waals surface area contributed by atoms with Crippen molar-refractivity contribution < 1.29 is 14.3 Å². The van der Waals surface area contributed by atoms with Gasteiger partial charge in [-0.1, -0.05) is 43.0 Å². The summed E-state index contributed by atoms with van der Waals surface area (Å²) < 4.78 is 12.7. The number of hydrogen-bond donors (Lipinski definition) is 1. The smallest absolute Gasteiger partial charge is 0.267 e. The molecule has 4 heterocycles. The first-order valence-corrected chi connectivity index (χ1v) is 12.1. The minimum absolute atomic E-state index is 0.103. The number of thiocarbonyl (C=S) groups is 1. The van der Waals surface area contributed by atoms with E-state index in [0.717, 1.165) is 12.0 Å². The molecule has 0 radical (unpaired) electrons. The van der Waals surface area contributed by atoms with Gasteiger partial charge in [0.15, 0.2) is 11.5 Å². The molecule has 8 nitrogen and oxygen atoms in total. The van der Waals surface area contributed by atoms with Gasteiger partial charge in [0.05, 0.1) is 17.0 Å². The summed E-state index contributed by atoms with van der Waals surface area (Å²) in [5.41, 5.74) is 1.48. The summed E-state index contributed by atoms with van der Waals surface area (Å²) in [4.78, 5) is 33.1. The Kier molecular flexibility index (Phi) is 6.01. The third kappa shape index (κ3) is 4.14. The molecule has 2 aromatic heterocycles. The van der Waals surface area contributed by atoms with Crippen molar-refractivity contribution in [3.05, 3.63) is 69.0 Å². The van der Waals surface area contributed by atoms with E-state index in [1.165, 1.54) is 21.1 Å². The van der Waals surface area contributed by atoms with Crippen LogP contribution in [-0.2, 0) is 11.3 Å².